The summed E-state index contributed by atoms with van der Waals surface area (Å²) in [7, 11) is 1.57. The fourth-order valence-corrected chi connectivity index (χ4v) is 2.31. The van der Waals surface area contributed by atoms with Crippen LogP contribution in [-0.2, 0) is 0 Å². The van der Waals surface area contributed by atoms with Gasteiger partial charge in [-0.2, -0.15) is 0 Å². The molecular weight excluding hydrogens is 258 g/mol. The number of rotatable bonds is 4. The first-order chi connectivity index (χ1) is 9.74. The number of anilines is 1. The minimum Gasteiger partial charge on any atom is -0.395 e. The van der Waals surface area contributed by atoms with Gasteiger partial charge < -0.3 is 15.3 Å². The molecule has 1 aliphatic rings. The second-order valence-electron chi connectivity index (χ2n) is 4.76. The number of β-amino-alcohol motifs (C(OH)–C–C–N with tert-alkyl or cyclic N) is 1. The van der Waals surface area contributed by atoms with Crippen LogP contribution in [0, 0.1) is 0 Å². The Morgan fingerprint density at radius 1 is 1.30 bits per heavy atom. The molecule has 110 valence electrons. The molecule has 0 saturated carbocycles. The SMILES string of the molecule is CNC(=O)c1ccc(N2CCCN(CCO)CC2)nn1. The first-order valence-corrected chi connectivity index (χ1v) is 6.88. The van der Waals surface area contributed by atoms with Crippen molar-refractivity contribution in [2.75, 3.05) is 51.3 Å². The van der Waals surface area contributed by atoms with E-state index in [2.05, 4.69) is 25.3 Å². The van der Waals surface area contributed by atoms with Crippen molar-refractivity contribution in [3.05, 3.63) is 17.8 Å². The molecule has 20 heavy (non-hydrogen) atoms. The number of carbonyl (C=O) groups is 1. The lowest BCUT2D eigenvalue weighted by Gasteiger charge is -2.21. The average Bonchev–Trinajstić information content (AvgIpc) is 2.73. The number of aromatic nitrogens is 2. The Bertz CT molecular complexity index is 437. The lowest BCUT2D eigenvalue weighted by atomic mass is 10.3. The van der Waals surface area contributed by atoms with Gasteiger partial charge in [-0.05, 0) is 25.1 Å². The Morgan fingerprint density at radius 3 is 2.80 bits per heavy atom. The standard InChI is InChI=1S/C13H21N5O2/c1-14-13(20)11-3-4-12(16-15-11)18-6-2-5-17(7-8-18)9-10-19/h3-4,19H,2,5-10H2,1H3,(H,14,20). The van der Waals surface area contributed by atoms with Gasteiger partial charge in [-0.15, -0.1) is 10.2 Å². The van der Waals surface area contributed by atoms with Gasteiger partial charge in [0.05, 0.1) is 6.61 Å². The van der Waals surface area contributed by atoms with Crippen LogP contribution in [0.2, 0.25) is 0 Å². The zero-order valence-electron chi connectivity index (χ0n) is 11.7. The van der Waals surface area contributed by atoms with Crippen LogP contribution in [0.25, 0.3) is 0 Å². The lowest BCUT2D eigenvalue weighted by molar-refractivity contribution is 0.0957. The highest BCUT2D eigenvalue weighted by Crippen LogP contribution is 2.13. The predicted octanol–water partition coefficient (Wildman–Crippen LogP) is -0.659. The van der Waals surface area contributed by atoms with Gasteiger partial charge in [0.1, 0.15) is 0 Å². The zero-order valence-corrected chi connectivity index (χ0v) is 11.7. The topological polar surface area (TPSA) is 81.6 Å². The minimum atomic E-state index is -0.228. The van der Waals surface area contributed by atoms with Crippen molar-refractivity contribution in [1.82, 2.24) is 20.4 Å². The van der Waals surface area contributed by atoms with Crippen molar-refractivity contribution < 1.29 is 9.90 Å². The molecule has 7 nitrogen and oxygen atoms in total. The highest BCUT2D eigenvalue weighted by molar-refractivity contribution is 5.91. The maximum Gasteiger partial charge on any atom is 0.271 e. The van der Waals surface area contributed by atoms with Gasteiger partial charge in [0, 0.05) is 33.2 Å². The van der Waals surface area contributed by atoms with Gasteiger partial charge in [0.15, 0.2) is 11.5 Å². The highest BCUT2D eigenvalue weighted by Gasteiger charge is 2.16. The van der Waals surface area contributed by atoms with E-state index < -0.39 is 0 Å². The maximum absolute atomic E-state index is 11.4. The molecule has 1 aromatic rings. The van der Waals surface area contributed by atoms with Crippen LogP contribution in [-0.4, -0.2) is 72.5 Å². The van der Waals surface area contributed by atoms with E-state index in [0.29, 0.717) is 5.69 Å². The van der Waals surface area contributed by atoms with E-state index >= 15 is 0 Å². The number of hydrogen-bond acceptors (Lipinski definition) is 6. The number of nitrogens with zero attached hydrogens (tertiary/aromatic N) is 4. The second kappa shape index (κ2) is 7.16. The number of hydrogen-bond donors (Lipinski definition) is 2. The summed E-state index contributed by atoms with van der Waals surface area (Å²) >= 11 is 0. The second-order valence-corrected chi connectivity index (χ2v) is 4.76. The first kappa shape index (κ1) is 14.7. The molecule has 1 amide bonds. The van der Waals surface area contributed by atoms with E-state index in [4.69, 9.17) is 5.11 Å². The van der Waals surface area contributed by atoms with Crippen LogP contribution in [0.5, 0.6) is 0 Å². The molecule has 0 aliphatic carbocycles. The van der Waals surface area contributed by atoms with Gasteiger partial charge in [0.25, 0.3) is 5.91 Å². The van der Waals surface area contributed by atoms with E-state index in [0.717, 1.165) is 45.0 Å². The molecule has 2 rings (SSSR count). The smallest absolute Gasteiger partial charge is 0.271 e. The average molecular weight is 279 g/mol. The lowest BCUT2D eigenvalue weighted by Crippen LogP contribution is -2.33. The largest absolute Gasteiger partial charge is 0.395 e. The number of nitrogens with one attached hydrogen (secondary N) is 1. The van der Waals surface area contributed by atoms with Crippen LogP contribution < -0.4 is 10.2 Å². The summed E-state index contributed by atoms with van der Waals surface area (Å²) < 4.78 is 0. The van der Waals surface area contributed by atoms with Crippen LogP contribution in [0.1, 0.15) is 16.9 Å². The summed E-state index contributed by atoms with van der Waals surface area (Å²) in [4.78, 5) is 15.8. The monoisotopic (exact) mass is 279 g/mol. The third-order valence-electron chi connectivity index (χ3n) is 3.44. The van der Waals surface area contributed by atoms with E-state index in [1.165, 1.54) is 0 Å². The summed E-state index contributed by atoms with van der Waals surface area (Å²) in [5.74, 6) is 0.567. The van der Waals surface area contributed by atoms with Crippen LogP contribution in [0.3, 0.4) is 0 Å². The molecular formula is C13H21N5O2. The predicted molar refractivity (Wildman–Crippen MR) is 75.8 cm³/mol. The van der Waals surface area contributed by atoms with Gasteiger partial charge in [-0.1, -0.05) is 0 Å². The molecule has 0 radical (unpaired) electrons. The van der Waals surface area contributed by atoms with Crippen molar-refractivity contribution >= 4 is 11.7 Å². The van der Waals surface area contributed by atoms with Gasteiger partial charge in [0.2, 0.25) is 0 Å². The summed E-state index contributed by atoms with van der Waals surface area (Å²) in [6.45, 7) is 4.57. The molecule has 0 spiro atoms. The van der Waals surface area contributed by atoms with Crippen LogP contribution >= 0.6 is 0 Å². The zero-order chi connectivity index (χ0) is 14.4. The van der Waals surface area contributed by atoms with Crippen molar-refractivity contribution in [3.8, 4) is 0 Å². The molecule has 2 N–H and O–H groups in total. The van der Waals surface area contributed by atoms with Crippen LogP contribution in [0.15, 0.2) is 12.1 Å². The quantitative estimate of drug-likeness (QED) is 0.761. The van der Waals surface area contributed by atoms with Crippen molar-refractivity contribution in [3.63, 3.8) is 0 Å². The number of aliphatic hydroxyl groups excluding tert-OH is 1. The third-order valence-corrected chi connectivity index (χ3v) is 3.44. The first-order valence-electron chi connectivity index (χ1n) is 6.88. The molecule has 1 fully saturated rings. The Hall–Kier alpha value is -1.73. The number of amides is 1. The summed E-state index contributed by atoms with van der Waals surface area (Å²) in [5, 5.41) is 19.6. The van der Waals surface area contributed by atoms with E-state index in [9.17, 15) is 4.79 Å². The summed E-state index contributed by atoms with van der Waals surface area (Å²) in [6.07, 6.45) is 1.03. The Kier molecular flexibility index (Phi) is 5.25. The fourth-order valence-electron chi connectivity index (χ4n) is 2.31. The molecule has 0 aromatic carbocycles. The van der Waals surface area contributed by atoms with Crippen molar-refractivity contribution in [2.24, 2.45) is 0 Å². The highest BCUT2D eigenvalue weighted by atomic mass is 16.3. The Labute approximate surface area is 118 Å². The molecule has 1 aliphatic heterocycles. The van der Waals surface area contributed by atoms with Crippen molar-refractivity contribution in [1.29, 1.82) is 0 Å². The number of carbonyl (C=O) groups excluding carboxylic acids is 1. The molecule has 1 saturated heterocycles. The van der Waals surface area contributed by atoms with E-state index in [-0.39, 0.29) is 12.5 Å². The fraction of sp³-hybridized carbons (Fsp3) is 0.615. The Morgan fingerprint density at radius 2 is 2.15 bits per heavy atom. The molecule has 0 bridgehead atoms. The maximum atomic E-state index is 11.4. The minimum absolute atomic E-state index is 0.195. The molecule has 0 atom stereocenters. The summed E-state index contributed by atoms with van der Waals surface area (Å²) in [5.41, 5.74) is 0.327. The third kappa shape index (κ3) is 3.64. The molecule has 1 aromatic heterocycles. The number of aliphatic hydroxyl groups is 1. The molecule has 2 heterocycles. The molecule has 0 unspecified atom stereocenters. The van der Waals surface area contributed by atoms with Crippen molar-refractivity contribution in [2.45, 2.75) is 6.42 Å². The summed E-state index contributed by atoms with van der Waals surface area (Å²) in [6, 6.07) is 3.52. The van der Waals surface area contributed by atoms with E-state index in [1.54, 1.807) is 13.1 Å². The Balaban J connectivity index is 1.99. The van der Waals surface area contributed by atoms with E-state index in [1.807, 2.05) is 6.07 Å². The van der Waals surface area contributed by atoms with Gasteiger partial charge >= 0.3 is 0 Å². The normalized spacial score (nSPS) is 16.8. The van der Waals surface area contributed by atoms with Crippen LogP contribution in [0.4, 0.5) is 5.82 Å². The molecule has 7 heteroatoms. The van der Waals surface area contributed by atoms with Gasteiger partial charge in [-0.3, -0.25) is 9.69 Å². The van der Waals surface area contributed by atoms with Gasteiger partial charge in [-0.25, -0.2) is 0 Å².